The van der Waals surface area contributed by atoms with Crippen LogP contribution < -0.4 is 10.6 Å². The van der Waals surface area contributed by atoms with Gasteiger partial charge in [0.2, 0.25) is 5.91 Å². The molecular formula is C14H20N2O3. The zero-order valence-corrected chi connectivity index (χ0v) is 11.0. The highest BCUT2D eigenvalue weighted by molar-refractivity contribution is 5.80. The van der Waals surface area contributed by atoms with Gasteiger partial charge in [0.15, 0.2) is 0 Å². The van der Waals surface area contributed by atoms with E-state index >= 15 is 0 Å². The summed E-state index contributed by atoms with van der Waals surface area (Å²) in [6.07, 6.45) is 2.00. The first-order valence-electron chi connectivity index (χ1n) is 6.61. The zero-order valence-electron chi connectivity index (χ0n) is 11.0. The fraction of sp³-hybridized carbons (Fsp3) is 0.500. The summed E-state index contributed by atoms with van der Waals surface area (Å²) in [4.78, 5) is 11.4. The lowest BCUT2D eigenvalue weighted by Gasteiger charge is -2.17. The molecule has 1 aliphatic carbocycles. The lowest BCUT2D eigenvalue weighted by atomic mass is 10.1. The summed E-state index contributed by atoms with van der Waals surface area (Å²) in [5.41, 5.74) is 0.482. The normalized spacial score (nSPS) is 16.1. The fourth-order valence-electron chi connectivity index (χ4n) is 2.05. The summed E-state index contributed by atoms with van der Waals surface area (Å²) in [6.45, 7) is 3.00. The van der Waals surface area contributed by atoms with Crippen molar-refractivity contribution in [1.29, 1.82) is 0 Å². The minimum Gasteiger partial charge on any atom is -0.507 e. The molecule has 0 bridgehead atoms. The van der Waals surface area contributed by atoms with Gasteiger partial charge >= 0.3 is 0 Å². The predicted octanol–water partition coefficient (Wildman–Crippen LogP) is 1.27. The summed E-state index contributed by atoms with van der Waals surface area (Å²) in [5, 5.41) is 25.5. The van der Waals surface area contributed by atoms with Crippen molar-refractivity contribution < 1.29 is 15.0 Å². The van der Waals surface area contributed by atoms with Gasteiger partial charge in [0.25, 0.3) is 0 Å². The van der Waals surface area contributed by atoms with Crippen LogP contribution in [0.5, 0.6) is 11.5 Å². The number of benzene rings is 1. The van der Waals surface area contributed by atoms with Gasteiger partial charge in [-0.1, -0.05) is 6.07 Å². The average molecular weight is 264 g/mol. The maximum Gasteiger partial charge on any atom is 0.223 e. The van der Waals surface area contributed by atoms with Gasteiger partial charge in [0, 0.05) is 25.0 Å². The van der Waals surface area contributed by atoms with Crippen molar-refractivity contribution in [3.05, 3.63) is 23.8 Å². The van der Waals surface area contributed by atoms with Crippen LogP contribution >= 0.6 is 0 Å². The van der Waals surface area contributed by atoms with E-state index in [2.05, 4.69) is 10.6 Å². The van der Waals surface area contributed by atoms with Crippen molar-refractivity contribution in [3.63, 3.8) is 0 Å². The Morgan fingerprint density at radius 3 is 2.53 bits per heavy atom. The second-order valence-corrected chi connectivity index (χ2v) is 4.95. The number of hydrogen-bond acceptors (Lipinski definition) is 4. The third-order valence-corrected chi connectivity index (χ3v) is 3.32. The standard InChI is InChI=1S/C14H20N2O3/c1-9(13-11(17)3-2-4-12(13)18)15-7-8-16-14(19)10-5-6-10/h2-4,9-10,15,17-18H,5-8H2,1H3,(H,16,19). The number of phenols is 2. The van der Waals surface area contributed by atoms with Crippen LogP contribution in [-0.2, 0) is 4.79 Å². The second kappa shape index (κ2) is 5.93. The zero-order chi connectivity index (χ0) is 13.8. The Morgan fingerprint density at radius 1 is 1.32 bits per heavy atom. The first-order chi connectivity index (χ1) is 9.09. The lowest BCUT2D eigenvalue weighted by molar-refractivity contribution is -0.122. The maximum atomic E-state index is 11.4. The molecule has 1 saturated carbocycles. The molecule has 5 nitrogen and oxygen atoms in total. The molecule has 19 heavy (non-hydrogen) atoms. The summed E-state index contributed by atoms with van der Waals surface area (Å²) >= 11 is 0. The molecule has 1 fully saturated rings. The van der Waals surface area contributed by atoms with E-state index < -0.39 is 0 Å². The Morgan fingerprint density at radius 2 is 1.95 bits per heavy atom. The lowest BCUT2D eigenvalue weighted by Crippen LogP contribution is -2.33. The van der Waals surface area contributed by atoms with Gasteiger partial charge in [-0.05, 0) is 31.9 Å². The van der Waals surface area contributed by atoms with Crippen LogP contribution in [-0.4, -0.2) is 29.2 Å². The van der Waals surface area contributed by atoms with E-state index in [1.54, 1.807) is 18.2 Å². The molecule has 104 valence electrons. The van der Waals surface area contributed by atoms with E-state index in [9.17, 15) is 15.0 Å². The summed E-state index contributed by atoms with van der Waals surface area (Å²) in [7, 11) is 0. The number of amides is 1. The van der Waals surface area contributed by atoms with Crippen molar-refractivity contribution in [1.82, 2.24) is 10.6 Å². The van der Waals surface area contributed by atoms with Gasteiger partial charge in [-0.25, -0.2) is 0 Å². The van der Waals surface area contributed by atoms with E-state index in [4.69, 9.17) is 0 Å². The molecule has 0 spiro atoms. The van der Waals surface area contributed by atoms with E-state index in [-0.39, 0.29) is 29.4 Å². The van der Waals surface area contributed by atoms with Crippen LogP contribution in [0.4, 0.5) is 0 Å². The van der Waals surface area contributed by atoms with Crippen LogP contribution in [0.25, 0.3) is 0 Å². The average Bonchev–Trinajstić information content (AvgIpc) is 3.18. The molecule has 1 aromatic rings. The first kappa shape index (κ1) is 13.7. The van der Waals surface area contributed by atoms with Crippen LogP contribution in [0.3, 0.4) is 0 Å². The Kier molecular flexibility index (Phi) is 4.27. The van der Waals surface area contributed by atoms with Gasteiger partial charge in [-0.2, -0.15) is 0 Å². The van der Waals surface area contributed by atoms with Crippen molar-refractivity contribution in [2.45, 2.75) is 25.8 Å². The van der Waals surface area contributed by atoms with Crippen LogP contribution in [0.1, 0.15) is 31.4 Å². The van der Waals surface area contributed by atoms with Gasteiger partial charge < -0.3 is 20.8 Å². The van der Waals surface area contributed by atoms with Crippen LogP contribution in [0.2, 0.25) is 0 Å². The fourth-order valence-corrected chi connectivity index (χ4v) is 2.05. The third kappa shape index (κ3) is 3.61. The molecule has 0 aliphatic heterocycles. The molecular weight excluding hydrogens is 244 g/mol. The van der Waals surface area contributed by atoms with Crippen molar-refractivity contribution in [2.75, 3.05) is 13.1 Å². The van der Waals surface area contributed by atoms with Crippen LogP contribution in [0.15, 0.2) is 18.2 Å². The van der Waals surface area contributed by atoms with Gasteiger partial charge in [-0.15, -0.1) is 0 Å². The SMILES string of the molecule is CC(NCCNC(=O)C1CC1)c1c(O)cccc1O. The Bertz CT molecular complexity index is 438. The number of rotatable bonds is 6. The Hall–Kier alpha value is -1.75. The molecule has 0 radical (unpaired) electrons. The Balaban J connectivity index is 1.77. The molecule has 1 unspecified atom stereocenters. The highest BCUT2D eigenvalue weighted by Gasteiger charge is 2.29. The number of carbonyl (C=O) groups is 1. The topological polar surface area (TPSA) is 81.6 Å². The summed E-state index contributed by atoms with van der Waals surface area (Å²) in [5.74, 6) is 0.489. The number of hydrogen-bond donors (Lipinski definition) is 4. The molecule has 0 saturated heterocycles. The third-order valence-electron chi connectivity index (χ3n) is 3.32. The van der Waals surface area contributed by atoms with E-state index in [1.165, 1.54) is 0 Å². The molecule has 1 atom stereocenters. The van der Waals surface area contributed by atoms with E-state index in [0.717, 1.165) is 12.8 Å². The molecule has 0 heterocycles. The highest BCUT2D eigenvalue weighted by atomic mass is 16.3. The summed E-state index contributed by atoms with van der Waals surface area (Å²) in [6, 6.07) is 4.50. The number of aromatic hydroxyl groups is 2. The molecule has 2 rings (SSSR count). The monoisotopic (exact) mass is 264 g/mol. The predicted molar refractivity (Wildman–Crippen MR) is 71.9 cm³/mol. The van der Waals surface area contributed by atoms with Crippen molar-refractivity contribution >= 4 is 5.91 Å². The van der Waals surface area contributed by atoms with Crippen molar-refractivity contribution in [2.24, 2.45) is 5.92 Å². The van der Waals surface area contributed by atoms with E-state index in [0.29, 0.717) is 18.7 Å². The summed E-state index contributed by atoms with van der Waals surface area (Å²) < 4.78 is 0. The quantitative estimate of drug-likeness (QED) is 0.583. The second-order valence-electron chi connectivity index (χ2n) is 4.95. The number of phenolic OH excluding ortho intramolecular Hbond substituents is 2. The molecule has 0 aromatic heterocycles. The van der Waals surface area contributed by atoms with Gasteiger partial charge in [0.05, 0.1) is 5.56 Å². The maximum absolute atomic E-state index is 11.4. The molecule has 1 aromatic carbocycles. The molecule has 1 aliphatic rings. The molecule has 5 heteroatoms. The molecule has 4 N–H and O–H groups in total. The van der Waals surface area contributed by atoms with E-state index in [1.807, 2.05) is 6.92 Å². The Labute approximate surface area is 112 Å². The minimum atomic E-state index is -0.181. The number of nitrogens with one attached hydrogen (secondary N) is 2. The number of carbonyl (C=O) groups excluding carboxylic acids is 1. The van der Waals surface area contributed by atoms with Gasteiger partial charge in [0.1, 0.15) is 11.5 Å². The van der Waals surface area contributed by atoms with Crippen molar-refractivity contribution in [3.8, 4) is 11.5 Å². The highest BCUT2D eigenvalue weighted by Crippen LogP contribution is 2.32. The van der Waals surface area contributed by atoms with Gasteiger partial charge in [-0.3, -0.25) is 4.79 Å². The smallest absolute Gasteiger partial charge is 0.223 e. The molecule has 1 amide bonds. The minimum absolute atomic E-state index is 0.0713. The largest absolute Gasteiger partial charge is 0.507 e. The van der Waals surface area contributed by atoms with Crippen LogP contribution in [0, 0.1) is 5.92 Å². The first-order valence-corrected chi connectivity index (χ1v) is 6.61.